The van der Waals surface area contributed by atoms with Gasteiger partial charge in [-0.1, -0.05) is 0 Å². The van der Waals surface area contributed by atoms with Gasteiger partial charge in [0.15, 0.2) is 0 Å². The number of aryl methyl sites for hydroxylation is 2. The van der Waals surface area contributed by atoms with E-state index < -0.39 is 0 Å². The SMILES string of the molecule is Cc1nc(COC[C@]23COC[C@H]2CN(Cc2cnn(C)c2)C3)cs1. The molecule has 2 aromatic heterocycles. The molecule has 2 fully saturated rings. The van der Waals surface area contributed by atoms with Gasteiger partial charge in [0.05, 0.1) is 43.3 Å². The summed E-state index contributed by atoms with van der Waals surface area (Å²) in [7, 11) is 1.96. The fourth-order valence-corrected chi connectivity index (χ4v) is 4.51. The van der Waals surface area contributed by atoms with E-state index in [2.05, 4.69) is 26.6 Å². The van der Waals surface area contributed by atoms with Gasteiger partial charge in [-0.25, -0.2) is 4.98 Å². The molecule has 130 valence electrons. The molecule has 2 saturated heterocycles. The molecule has 7 heteroatoms. The standard InChI is InChI=1S/C17H24N4O2S/c1-13-19-16(9-24-13)8-23-12-17-10-21(6-15(17)7-22-11-17)5-14-3-18-20(2)4-14/h3-4,9,15H,5-8,10-12H2,1-2H3/t15-,17+/m1/s1. The summed E-state index contributed by atoms with van der Waals surface area (Å²) in [5, 5.41) is 7.45. The number of thiazole rings is 1. The lowest BCUT2D eigenvalue weighted by atomic mass is 9.82. The number of likely N-dealkylation sites (tertiary alicyclic amines) is 1. The smallest absolute Gasteiger partial charge is 0.0898 e. The van der Waals surface area contributed by atoms with Crippen LogP contribution in [-0.4, -0.2) is 52.6 Å². The molecule has 0 aliphatic carbocycles. The van der Waals surface area contributed by atoms with Crippen LogP contribution in [0, 0.1) is 18.3 Å². The van der Waals surface area contributed by atoms with E-state index in [1.54, 1.807) is 11.3 Å². The van der Waals surface area contributed by atoms with E-state index in [1.165, 1.54) is 5.56 Å². The molecule has 2 aliphatic heterocycles. The van der Waals surface area contributed by atoms with Gasteiger partial charge in [-0.2, -0.15) is 5.10 Å². The van der Waals surface area contributed by atoms with Crippen LogP contribution < -0.4 is 0 Å². The second-order valence-corrected chi connectivity index (χ2v) is 8.18. The van der Waals surface area contributed by atoms with E-state index in [1.807, 2.05) is 24.9 Å². The first-order valence-electron chi connectivity index (χ1n) is 8.39. The van der Waals surface area contributed by atoms with Gasteiger partial charge in [-0.15, -0.1) is 11.3 Å². The van der Waals surface area contributed by atoms with E-state index in [0.29, 0.717) is 12.5 Å². The van der Waals surface area contributed by atoms with Gasteiger partial charge in [0.1, 0.15) is 0 Å². The topological polar surface area (TPSA) is 52.4 Å². The van der Waals surface area contributed by atoms with Crippen LogP contribution >= 0.6 is 11.3 Å². The average Bonchev–Trinajstić information content (AvgIpc) is 3.26. The van der Waals surface area contributed by atoms with Crippen LogP contribution in [0.1, 0.15) is 16.3 Å². The molecular weight excluding hydrogens is 324 g/mol. The third-order valence-electron chi connectivity index (χ3n) is 5.06. The lowest BCUT2D eigenvalue weighted by molar-refractivity contribution is 0.0172. The Morgan fingerprint density at radius 1 is 1.50 bits per heavy atom. The van der Waals surface area contributed by atoms with E-state index in [0.717, 1.165) is 50.2 Å². The molecule has 0 spiro atoms. The largest absolute Gasteiger partial charge is 0.380 e. The second kappa shape index (κ2) is 6.55. The zero-order chi connectivity index (χ0) is 16.6. The highest BCUT2D eigenvalue weighted by molar-refractivity contribution is 7.09. The van der Waals surface area contributed by atoms with Crippen LogP contribution in [0.3, 0.4) is 0 Å². The molecule has 6 nitrogen and oxygen atoms in total. The zero-order valence-corrected chi connectivity index (χ0v) is 15.1. The van der Waals surface area contributed by atoms with Gasteiger partial charge in [0, 0.05) is 55.2 Å². The van der Waals surface area contributed by atoms with Gasteiger partial charge in [0.25, 0.3) is 0 Å². The Balaban J connectivity index is 1.35. The van der Waals surface area contributed by atoms with Crippen molar-refractivity contribution in [2.45, 2.75) is 20.1 Å². The monoisotopic (exact) mass is 348 g/mol. The molecule has 2 aromatic rings. The molecule has 0 aromatic carbocycles. The summed E-state index contributed by atoms with van der Waals surface area (Å²) in [6.07, 6.45) is 4.05. The lowest BCUT2D eigenvalue weighted by Gasteiger charge is -2.26. The maximum Gasteiger partial charge on any atom is 0.0898 e. The Labute approximate surface area is 146 Å². The first-order chi connectivity index (χ1) is 11.6. The van der Waals surface area contributed by atoms with Crippen molar-refractivity contribution in [3.63, 3.8) is 0 Å². The molecule has 4 rings (SSSR count). The molecule has 2 atom stereocenters. The van der Waals surface area contributed by atoms with Gasteiger partial charge < -0.3 is 9.47 Å². The maximum absolute atomic E-state index is 6.05. The number of hydrogen-bond acceptors (Lipinski definition) is 6. The number of aromatic nitrogens is 3. The number of hydrogen-bond donors (Lipinski definition) is 0. The van der Waals surface area contributed by atoms with Crippen molar-refractivity contribution in [3.8, 4) is 0 Å². The predicted octanol–water partition coefficient (Wildman–Crippen LogP) is 1.85. The molecule has 24 heavy (non-hydrogen) atoms. The summed E-state index contributed by atoms with van der Waals surface area (Å²) in [6, 6.07) is 0. The molecule has 0 radical (unpaired) electrons. The van der Waals surface area contributed by atoms with Crippen LogP contribution in [0.2, 0.25) is 0 Å². The van der Waals surface area contributed by atoms with Gasteiger partial charge >= 0.3 is 0 Å². The highest BCUT2D eigenvalue weighted by atomic mass is 32.1. The van der Waals surface area contributed by atoms with Crippen LogP contribution in [0.4, 0.5) is 0 Å². The molecule has 0 amide bonds. The van der Waals surface area contributed by atoms with Crippen molar-refractivity contribution in [2.24, 2.45) is 18.4 Å². The minimum Gasteiger partial charge on any atom is -0.380 e. The van der Waals surface area contributed by atoms with E-state index >= 15 is 0 Å². The summed E-state index contributed by atoms with van der Waals surface area (Å²) < 4.78 is 13.7. The first kappa shape index (κ1) is 16.2. The van der Waals surface area contributed by atoms with Crippen LogP contribution in [0.5, 0.6) is 0 Å². The number of nitrogens with zero attached hydrogens (tertiary/aromatic N) is 4. The van der Waals surface area contributed by atoms with Gasteiger partial charge in [-0.05, 0) is 6.92 Å². The van der Waals surface area contributed by atoms with Crippen LogP contribution in [0.25, 0.3) is 0 Å². The maximum atomic E-state index is 6.05. The molecule has 2 aliphatic rings. The van der Waals surface area contributed by atoms with Crippen molar-refractivity contribution in [1.29, 1.82) is 0 Å². The third kappa shape index (κ3) is 3.26. The summed E-state index contributed by atoms with van der Waals surface area (Å²) in [4.78, 5) is 6.99. The zero-order valence-electron chi connectivity index (χ0n) is 14.3. The summed E-state index contributed by atoms with van der Waals surface area (Å²) in [5.41, 5.74) is 2.44. The fourth-order valence-electron chi connectivity index (χ4n) is 3.91. The molecule has 0 bridgehead atoms. The van der Waals surface area contributed by atoms with Crippen molar-refractivity contribution < 1.29 is 9.47 Å². The highest BCUT2D eigenvalue weighted by Crippen LogP contribution is 2.42. The van der Waals surface area contributed by atoms with E-state index in [-0.39, 0.29) is 5.41 Å². The summed E-state index contributed by atoms with van der Waals surface area (Å²) in [5.74, 6) is 0.561. The van der Waals surface area contributed by atoms with Crippen LogP contribution in [-0.2, 0) is 29.7 Å². The van der Waals surface area contributed by atoms with Crippen molar-refractivity contribution in [3.05, 3.63) is 34.0 Å². The Hall–Kier alpha value is -1.28. The Morgan fingerprint density at radius 3 is 3.17 bits per heavy atom. The third-order valence-corrected chi connectivity index (χ3v) is 5.88. The average molecular weight is 348 g/mol. The van der Waals surface area contributed by atoms with Crippen LogP contribution in [0.15, 0.2) is 17.8 Å². The first-order valence-corrected chi connectivity index (χ1v) is 9.27. The summed E-state index contributed by atoms with van der Waals surface area (Å²) in [6.45, 7) is 8.09. The Kier molecular flexibility index (Phi) is 4.42. The minimum absolute atomic E-state index is 0.132. The molecule has 0 saturated carbocycles. The number of fused-ring (bicyclic) bond motifs is 1. The Bertz CT molecular complexity index is 700. The van der Waals surface area contributed by atoms with Crippen molar-refractivity contribution >= 4 is 11.3 Å². The van der Waals surface area contributed by atoms with Crippen molar-refractivity contribution in [2.75, 3.05) is 32.9 Å². The molecule has 4 heterocycles. The lowest BCUT2D eigenvalue weighted by Crippen LogP contribution is -2.35. The minimum atomic E-state index is 0.132. The molecule has 0 unspecified atom stereocenters. The van der Waals surface area contributed by atoms with E-state index in [4.69, 9.17) is 9.47 Å². The van der Waals surface area contributed by atoms with Gasteiger partial charge in [-0.3, -0.25) is 9.58 Å². The van der Waals surface area contributed by atoms with Gasteiger partial charge in [0.2, 0.25) is 0 Å². The molecule has 0 N–H and O–H groups in total. The quantitative estimate of drug-likeness (QED) is 0.797. The molecular formula is C17H24N4O2S. The normalized spacial score (nSPS) is 27.0. The summed E-state index contributed by atoms with van der Waals surface area (Å²) >= 11 is 1.68. The van der Waals surface area contributed by atoms with Crippen molar-refractivity contribution in [1.82, 2.24) is 19.7 Å². The predicted molar refractivity (Wildman–Crippen MR) is 91.7 cm³/mol. The Morgan fingerprint density at radius 2 is 2.42 bits per heavy atom. The number of ether oxygens (including phenoxy) is 2. The van der Waals surface area contributed by atoms with E-state index in [9.17, 15) is 0 Å². The second-order valence-electron chi connectivity index (χ2n) is 7.12. The fraction of sp³-hybridized carbons (Fsp3) is 0.647. The highest BCUT2D eigenvalue weighted by Gasteiger charge is 2.50. The number of rotatable bonds is 6.